The zero-order chi connectivity index (χ0) is 21.9. The quantitative estimate of drug-likeness (QED) is 0.655. The molecule has 0 bridgehead atoms. The maximum Gasteiger partial charge on any atom is 0.416 e. The number of aryl methyl sites for hydroxylation is 2. The van der Waals surface area contributed by atoms with Crippen molar-refractivity contribution in [2.75, 3.05) is 7.11 Å². The Kier molecular flexibility index (Phi) is 5.95. The van der Waals surface area contributed by atoms with Gasteiger partial charge in [-0.15, -0.1) is 0 Å². The van der Waals surface area contributed by atoms with E-state index in [-0.39, 0.29) is 24.1 Å². The van der Waals surface area contributed by atoms with E-state index in [9.17, 15) is 18.0 Å². The fraction of sp³-hybridized carbons (Fsp3) is 0.250. The van der Waals surface area contributed by atoms with Crippen LogP contribution in [0.15, 0.2) is 42.6 Å². The van der Waals surface area contributed by atoms with Crippen molar-refractivity contribution >= 4 is 5.91 Å². The summed E-state index contributed by atoms with van der Waals surface area (Å²) in [6.45, 7) is 1.95. The third-order valence-corrected chi connectivity index (χ3v) is 4.24. The Morgan fingerprint density at radius 1 is 1.17 bits per heavy atom. The van der Waals surface area contributed by atoms with Crippen molar-refractivity contribution in [1.29, 1.82) is 0 Å². The third kappa shape index (κ3) is 4.70. The molecule has 30 heavy (non-hydrogen) atoms. The molecule has 3 aromatic rings. The van der Waals surface area contributed by atoms with Crippen LogP contribution < -0.4 is 14.8 Å². The molecule has 0 radical (unpaired) electrons. The fourth-order valence-corrected chi connectivity index (χ4v) is 2.81. The first-order chi connectivity index (χ1) is 14.2. The minimum atomic E-state index is -4.40. The highest BCUT2D eigenvalue weighted by Gasteiger charge is 2.30. The molecule has 0 aliphatic heterocycles. The van der Waals surface area contributed by atoms with Gasteiger partial charge in [0.1, 0.15) is 11.4 Å². The van der Waals surface area contributed by atoms with E-state index in [0.717, 1.165) is 12.1 Å². The molecule has 0 spiro atoms. The summed E-state index contributed by atoms with van der Waals surface area (Å²) in [5.74, 6) is 0.512. The third-order valence-electron chi connectivity index (χ3n) is 4.24. The van der Waals surface area contributed by atoms with E-state index >= 15 is 0 Å². The van der Waals surface area contributed by atoms with Crippen LogP contribution >= 0.6 is 0 Å². The highest BCUT2D eigenvalue weighted by molar-refractivity contribution is 5.95. The first kappa shape index (κ1) is 21.2. The molecule has 0 fully saturated rings. The lowest BCUT2D eigenvalue weighted by atomic mass is 10.2. The van der Waals surface area contributed by atoms with Gasteiger partial charge in [-0.25, -0.2) is 4.98 Å². The SMILES string of the molecule is COc1c(C)nn(C)c1C(=O)NCc1ccc(Oc2ccc(C(F)(F)F)cc2)nc1. The fourth-order valence-electron chi connectivity index (χ4n) is 2.81. The van der Waals surface area contributed by atoms with Gasteiger partial charge in [0.2, 0.25) is 5.88 Å². The maximum absolute atomic E-state index is 12.6. The van der Waals surface area contributed by atoms with Crippen molar-refractivity contribution in [2.24, 2.45) is 7.05 Å². The van der Waals surface area contributed by atoms with Crippen LogP contribution in [0.1, 0.15) is 27.3 Å². The average Bonchev–Trinajstić information content (AvgIpc) is 3.00. The van der Waals surface area contributed by atoms with Crippen LogP contribution in [-0.2, 0) is 19.8 Å². The molecular formula is C20H19F3N4O3. The largest absolute Gasteiger partial charge is 0.492 e. The van der Waals surface area contributed by atoms with Crippen LogP contribution in [0.5, 0.6) is 17.4 Å². The summed E-state index contributed by atoms with van der Waals surface area (Å²) < 4.78 is 49.9. The highest BCUT2D eigenvalue weighted by Crippen LogP contribution is 2.31. The van der Waals surface area contributed by atoms with Gasteiger partial charge >= 0.3 is 6.18 Å². The number of hydrogen-bond donors (Lipinski definition) is 1. The summed E-state index contributed by atoms with van der Waals surface area (Å²) in [6, 6.07) is 7.58. The van der Waals surface area contributed by atoms with E-state index in [2.05, 4.69) is 15.4 Å². The monoisotopic (exact) mass is 420 g/mol. The molecule has 2 aromatic heterocycles. The molecule has 0 atom stereocenters. The van der Waals surface area contributed by atoms with Gasteiger partial charge in [-0.05, 0) is 36.8 Å². The van der Waals surface area contributed by atoms with E-state index < -0.39 is 11.7 Å². The number of carbonyl (C=O) groups excluding carboxylic acids is 1. The van der Waals surface area contributed by atoms with Gasteiger partial charge in [-0.3, -0.25) is 9.48 Å². The normalized spacial score (nSPS) is 11.3. The molecule has 1 amide bonds. The number of rotatable bonds is 6. The number of hydrogen-bond acceptors (Lipinski definition) is 5. The molecule has 0 saturated heterocycles. The molecule has 1 N–H and O–H groups in total. The molecule has 2 heterocycles. The lowest BCUT2D eigenvalue weighted by Crippen LogP contribution is -2.25. The van der Waals surface area contributed by atoms with Gasteiger partial charge in [0, 0.05) is 25.9 Å². The molecule has 3 rings (SSSR count). The number of ether oxygens (including phenoxy) is 2. The summed E-state index contributed by atoms with van der Waals surface area (Å²) >= 11 is 0. The highest BCUT2D eigenvalue weighted by atomic mass is 19.4. The van der Waals surface area contributed by atoms with Crippen molar-refractivity contribution in [3.8, 4) is 17.4 Å². The van der Waals surface area contributed by atoms with Gasteiger partial charge in [0.15, 0.2) is 11.4 Å². The van der Waals surface area contributed by atoms with Crippen LogP contribution in [0, 0.1) is 6.92 Å². The number of carbonyl (C=O) groups is 1. The predicted octanol–water partition coefficient (Wildman–Crippen LogP) is 3.87. The lowest BCUT2D eigenvalue weighted by Gasteiger charge is -2.09. The summed E-state index contributed by atoms with van der Waals surface area (Å²) in [5.41, 5.74) is 0.872. The molecule has 10 heteroatoms. The minimum absolute atomic E-state index is 0.208. The van der Waals surface area contributed by atoms with Crippen molar-refractivity contribution in [3.63, 3.8) is 0 Å². The van der Waals surface area contributed by atoms with Crippen LogP contribution in [0.2, 0.25) is 0 Å². The van der Waals surface area contributed by atoms with Gasteiger partial charge in [0.25, 0.3) is 5.91 Å². The van der Waals surface area contributed by atoms with E-state index in [1.807, 2.05) is 0 Å². The van der Waals surface area contributed by atoms with Crippen LogP contribution in [0.4, 0.5) is 13.2 Å². The van der Waals surface area contributed by atoms with Gasteiger partial charge in [0.05, 0.1) is 12.7 Å². The molecule has 1 aromatic carbocycles. The zero-order valence-corrected chi connectivity index (χ0v) is 16.4. The lowest BCUT2D eigenvalue weighted by molar-refractivity contribution is -0.137. The molecule has 0 aliphatic rings. The molecule has 0 saturated carbocycles. The molecule has 7 nitrogen and oxygen atoms in total. The van der Waals surface area contributed by atoms with E-state index in [0.29, 0.717) is 22.7 Å². The zero-order valence-electron chi connectivity index (χ0n) is 16.4. The Labute approximate surface area is 170 Å². The Hall–Kier alpha value is -3.56. The van der Waals surface area contributed by atoms with Crippen LogP contribution in [0.3, 0.4) is 0 Å². The summed E-state index contributed by atoms with van der Waals surface area (Å²) in [5, 5.41) is 6.93. The van der Waals surface area contributed by atoms with Gasteiger partial charge < -0.3 is 14.8 Å². The number of alkyl halides is 3. The number of amides is 1. The summed E-state index contributed by atoms with van der Waals surface area (Å²) in [7, 11) is 3.12. The smallest absolute Gasteiger partial charge is 0.416 e. The Morgan fingerprint density at radius 3 is 2.43 bits per heavy atom. The van der Waals surface area contributed by atoms with Gasteiger partial charge in [-0.2, -0.15) is 18.3 Å². The average molecular weight is 420 g/mol. The first-order valence-electron chi connectivity index (χ1n) is 8.85. The number of aromatic nitrogens is 3. The van der Waals surface area contributed by atoms with Crippen molar-refractivity contribution < 1.29 is 27.4 Å². The predicted molar refractivity (Wildman–Crippen MR) is 101 cm³/mol. The summed E-state index contributed by atoms with van der Waals surface area (Å²) in [6.07, 6.45) is -2.90. The number of benzene rings is 1. The second-order valence-electron chi connectivity index (χ2n) is 6.40. The standard InChI is InChI=1S/C20H19F3N4O3/c1-12-18(29-3)17(27(2)26-12)19(28)25-11-13-4-9-16(24-10-13)30-15-7-5-14(6-8-15)20(21,22)23/h4-10H,11H2,1-3H3,(H,25,28). The second-order valence-corrected chi connectivity index (χ2v) is 6.40. The topological polar surface area (TPSA) is 78.3 Å². The number of methoxy groups -OCH3 is 1. The van der Waals surface area contributed by atoms with Crippen LogP contribution in [0.25, 0.3) is 0 Å². The number of nitrogens with zero attached hydrogens (tertiary/aromatic N) is 3. The maximum atomic E-state index is 12.6. The van der Waals surface area contributed by atoms with E-state index in [4.69, 9.17) is 9.47 Å². The van der Waals surface area contributed by atoms with Crippen LogP contribution in [-0.4, -0.2) is 27.8 Å². The molecular weight excluding hydrogens is 401 g/mol. The Balaban J connectivity index is 1.60. The van der Waals surface area contributed by atoms with Gasteiger partial charge in [-0.1, -0.05) is 6.07 Å². The van der Waals surface area contributed by atoms with E-state index in [1.54, 1.807) is 26.1 Å². The second kappa shape index (κ2) is 8.44. The minimum Gasteiger partial charge on any atom is -0.492 e. The number of halogens is 3. The summed E-state index contributed by atoms with van der Waals surface area (Å²) in [4.78, 5) is 16.6. The van der Waals surface area contributed by atoms with Crippen molar-refractivity contribution in [3.05, 3.63) is 65.1 Å². The van der Waals surface area contributed by atoms with Crippen molar-refractivity contribution in [1.82, 2.24) is 20.1 Å². The molecule has 0 unspecified atom stereocenters. The Morgan fingerprint density at radius 2 is 1.87 bits per heavy atom. The molecule has 0 aliphatic carbocycles. The Bertz CT molecular complexity index is 1030. The van der Waals surface area contributed by atoms with E-state index in [1.165, 1.54) is 30.1 Å². The first-order valence-corrected chi connectivity index (χ1v) is 8.85. The van der Waals surface area contributed by atoms with Crippen molar-refractivity contribution in [2.45, 2.75) is 19.6 Å². The molecule has 158 valence electrons. The number of nitrogens with one attached hydrogen (secondary N) is 1. The number of pyridine rings is 1.